The maximum Gasteiger partial charge on any atom is 0.193 e. The molecule has 0 bridgehead atoms. The number of guanidine groups is 1. The van der Waals surface area contributed by atoms with E-state index in [1.807, 2.05) is 13.1 Å². The Balaban J connectivity index is 0.00000242. The second-order valence-corrected chi connectivity index (χ2v) is 5.82. The zero-order chi connectivity index (χ0) is 15.1. The van der Waals surface area contributed by atoms with E-state index in [-0.39, 0.29) is 24.0 Å². The van der Waals surface area contributed by atoms with Gasteiger partial charge in [0.15, 0.2) is 11.7 Å². The van der Waals surface area contributed by atoms with Crippen molar-refractivity contribution in [3.63, 3.8) is 0 Å². The number of halogens is 1. The molecule has 22 heavy (non-hydrogen) atoms. The molecule has 0 spiro atoms. The van der Waals surface area contributed by atoms with E-state index in [1.54, 1.807) is 18.4 Å². The summed E-state index contributed by atoms with van der Waals surface area (Å²) in [5.41, 5.74) is 0.979. The van der Waals surface area contributed by atoms with Crippen LogP contribution in [0.25, 0.3) is 0 Å². The largest absolute Gasteiger partial charge is 0.359 e. The van der Waals surface area contributed by atoms with Gasteiger partial charge in [-0.05, 0) is 24.3 Å². The summed E-state index contributed by atoms with van der Waals surface area (Å²) in [7, 11) is 3.84. The Morgan fingerprint density at radius 2 is 2.32 bits per heavy atom. The Hall–Kier alpha value is -1.09. The summed E-state index contributed by atoms with van der Waals surface area (Å²) >= 11 is 1.79. The third-order valence-electron chi connectivity index (χ3n) is 3.24. The summed E-state index contributed by atoms with van der Waals surface area (Å²) in [6.45, 7) is 3.59. The van der Waals surface area contributed by atoms with Crippen molar-refractivity contribution in [1.29, 1.82) is 0 Å². The van der Waals surface area contributed by atoms with E-state index in [4.69, 9.17) is 4.52 Å². The molecule has 0 saturated heterocycles. The fraction of sp³-hybridized carbons (Fsp3) is 0.467. The number of aromatic nitrogens is 1. The molecule has 1 N–H and O–H groups in total. The van der Waals surface area contributed by atoms with Crippen LogP contribution in [0.1, 0.15) is 23.3 Å². The van der Waals surface area contributed by atoms with Gasteiger partial charge in [-0.15, -0.1) is 35.3 Å². The average molecular weight is 434 g/mol. The standard InChI is InChI=1S/C15H22N4OS.HI/c1-4-12-10-13(20-18-12)11-17-15(16-2)19(3)8-7-14-6-5-9-21-14;/h5-6,9-10H,4,7-8,11H2,1-3H3,(H,16,17);1H. The lowest BCUT2D eigenvalue weighted by atomic mass is 10.3. The first kappa shape index (κ1) is 19.0. The minimum Gasteiger partial charge on any atom is -0.359 e. The van der Waals surface area contributed by atoms with Gasteiger partial charge in [-0.3, -0.25) is 4.99 Å². The molecule has 0 amide bonds. The second kappa shape index (κ2) is 9.83. The molecule has 0 fully saturated rings. The van der Waals surface area contributed by atoms with Crippen LogP contribution >= 0.6 is 35.3 Å². The van der Waals surface area contributed by atoms with Crippen LogP contribution in [0.4, 0.5) is 0 Å². The summed E-state index contributed by atoms with van der Waals surface area (Å²) in [6, 6.07) is 6.23. The highest BCUT2D eigenvalue weighted by molar-refractivity contribution is 14.0. The molecule has 0 aliphatic rings. The number of likely N-dealkylation sites (N-methyl/N-ethyl adjacent to an activating group) is 1. The van der Waals surface area contributed by atoms with Crippen molar-refractivity contribution >= 4 is 41.3 Å². The molecular formula is C15H23IN4OS. The van der Waals surface area contributed by atoms with Crippen LogP contribution in [0, 0.1) is 0 Å². The molecule has 2 heterocycles. The predicted octanol–water partition coefficient (Wildman–Crippen LogP) is 3.17. The van der Waals surface area contributed by atoms with Crippen molar-refractivity contribution in [2.75, 3.05) is 20.6 Å². The molecule has 2 aromatic heterocycles. The Bertz CT molecular complexity index is 568. The molecule has 2 rings (SSSR count). The lowest BCUT2D eigenvalue weighted by molar-refractivity contribution is 0.372. The molecule has 0 aliphatic heterocycles. The number of hydrogen-bond donors (Lipinski definition) is 1. The fourth-order valence-electron chi connectivity index (χ4n) is 2.00. The predicted molar refractivity (Wildman–Crippen MR) is 102 cm³/mol. The topological polar surface area (TPSA) is 53.7 Å². The van der Waals surface area contributed by atoms with Crippen molar-refractivity contribution in [3.05, 3.63) is 39.9 Å². The molecule has 0 radical (unpaired) electrons. The van der Waals surface area contributed by atoms with E-state index in [1.165, 1.54) is 4.88 Å². The first-order valence-electron chi connectivity index (χ1n) is 7.11. The number of hydrogen-bond acceptors (Lipinski definition) is 4. The maximum absolute atomic E-state index is 5.26. The van der Waals surface area contributed by atoms with E-state index in [9.17, 15) is 0 Å². The molecule has 0 unspecified atom stereocenters. The highest BCUT2D eigenvalue weighted by Gasteiger charge is 2.08. The van der Waals surface area contributed by atoms with Gasteiger partial charge in [0.1, 0.15) is 0 Å². The molecule has 7 heteroatoms. The number of nitrogens with one attached hydrogen (secondary N) is 1. The molecule has 0 aliphatic carbocycles. The van der Waals surface area contributed by atoms with Crippen LogP contribution in [0.5, 0.6) is 0 Å². The summed E-state index contributed by atoms with van der Waals surface area (Å²) in [6.07, 6.45) is 1.91. The van der Waals surface area contributed by atoms with Crippen molar-refractivity contribution in [3.8, 4) is 0 Å². The zero-order valence-corrected chi connectivity index (χ0v) is 16.4. The van der Waals surface area contributed by atoms with Gasteiger partial charge >= 0.3 is 0 Å². The Morgan fingerprint density at radius 1 is 1.50 bits per heavy atom. The van der Waals surface area contributed by atoms with Gasteiger partial charge < -0.3 is 14.7 Å². The highest BCUT2D eigenvalue weighted by atomic mass is 127. The van der Waals surface area contributed by atoms with Crippen LogP contribution in [0.2, 0.25) is 0 Å². The van der Waals surface area contributed by atoms with Crippen LogP contribution in [0.3, 0.4) is 0 Å². The normalized spacial score (nSPS) is 11.1. The maximum atomic E-state index is 5.26. The lowest BCUT2D eigenvalue weighted by Crippen LogP contribution is -2.39. The Kier molecular flexibility index (Phi) is 8.47. The quantitative estimate of drug-likeness (QED) is 0.431. The monoisotopic (exact) mass is 434 g/mol. The average Bonchev–Trinajstić information content (AvgIpc) is 3.17. The molecule has 5 nitrogen and oxygen atoms in total. The van der Waals surface area contributed by atoms with Crippen molar-refractivity contribution < 1.29 is 4.52 Å². The van der Waals surface area contributed by atoms with Gasteiger partial charge in [-0.2, -0.15) is 0 Å². The van der Waals surface area contributed by atoms with Crippen LogP contribution in [0.15, 0.2) is 33.1 Å². The van der Waals surface area contributed by atoms with E-state index in [0.29, 0.717) is 6.54 Å². The number of aryl methyl sites for hydroxylation is 1. The number of rotatable bonds is 6. The smallest absolute Gasteiger partial charge is 0.193 e. The van der Waals surface area contributed by atoms with Gasteiger partial charge in [0.2, 0.25) is 0 Å². The third kappa shape index (κ3) is 5.60. The molecule has 0 aromatic carbocycles. The number of aliphatic imine (C=N–C) groups is 1. The van der Waals surface area contributed by atoms with Crippen LogP contribution in [-0.4, -0.2) is 36.7 Å². The van der Waals surface area contributed by atoms with E-state index < -0.39 is 0 Å². The van der Waals surface area contributed by atoms with Gasteiger partial charge in [-0.25, -0.2) is 0 Å². The first-order chi connectivity index (χ1) is 10.2. The minimum atomic E-state index is 0. The fourth-order valence-corrected chi connectivity index (χ4v) is 2.69. The van der Waals surface area contributed by atoms with Crippen molar-refractivity contribution in [2.45, 2.75) is 26.3 Å². The Morgan fingerprint density at radius 3 is 2.91 bits per heavy atom. The Labute approximate surface area is 152 Å². The molecular weight excluding hydrogens is 411 g/mol. The summed E-state index contributed by atoms with van der Waals surface area (Å²) in [5, 5.41) is 9.39. The van der Waals surface area contributed by atoms with E-state index in [2.05, 4.69) is 44.8 Å². The van der Waals surface area contributed by atoms with Gasteiger partial charge in [0.05, 0.1) is 12.2 Å². The summed E-state index contributed by atoms with van der Waals surface area (Å²) in [5.74, 6) is 1.70. The van der Waals surface area contributed by atoms with Crippen LogP contribution < -0.4 is 5.32 Å². The highest BCUT2D eigenvalue weighted by Crippen LogP contribution is 2.09. The van der Waals surface area contributed by atoms with Gasteiger partial charge in [0, 0.05) is 31.6 Å². The minimum absolute atomic E-state index is 0. The summed E-state index contributed by atoms with van der Waals surface area (Å²) < 4.78 is 5.26. The van der Waals surface area contributed by atoms with Crippen molar-refractivity contribution in [2.24, 2.45) is 4.99 Å². The SMILES string of the molecule is CCc1cc(CNC(=NC)N(C)CCc2cccs2)on1.I. The molecule has 122 valence electrons. The summed E-state index contributed by atoms with van der Waals surface area (Å²) in [4.78, 5) is 7.81. The van der Waals surface area contributed by atoms with Crippen molar-refractivity contribution in [1.82, 2.24) is 15.4 Å². The first-order valence-corrected chi connectivity index (χ1v) is 7.99. The zero-order valence-electron chi connectivity index (χ0n) is 13.2. The van der Waals surface area contributed by atoms with Gasteiger partial charge in [0.25, 0.3) is 0 Å². The van der Waals surface area contributed by atoms with E-state index >= 15 is 0 Å². The molecule has 0 atom stereocenters. The van der Waals surface area contributed by atoms with Crippen LogP contribution in [-0.2, 0) is 19.4 Å². The molecule has 2 aromatic rings. The second-order valence-electron chi connectivity index (χ2n) is 4.79. The third-order valence-corrected chi connectivity index (χ3v) is 4.17. The molecule has 0 saturated carbocycles. The number of thiophene rings is 1. The number of nitrogens with zero attached hydrogens (tertiary/aromatic N) is 3. The lowest BCUT2D eigenvalue weighted by Gasteiger charge is -2.21. The van der Waals surface area contributed by atoms with E-state index in [0.717, 1.165) is 36.8 Å². The van der Waals surface area contributed by atoms with Gasteiger partial charge in [-0.1, -0.05) is 18.1 Å².